The molecule has 1 aromatic carbocycles. The van der Waals surface area contributed by atoms with Crippen molar-refractivity contribution in [3.05, 3.63) is 42.2 Å². The summed E-state index contributed by atoms with van der Waals surface area (Å²) in [6, 6.07) is 9.79. The average Bonchev–Trinajstić information content (AvgIpc) is 3.14. The van der Waals surface area contributed by atoms with E-state index in [-0.39, 0.29) is 6.10 Å². The highest BCUT2D eigenvalue weighted by Gasteiger charge is 2.24. The van der Waals surface area contributed by atoms with Gasteiger partial charge in [-0.3, -0.25) is 4.90 Å². The Bertz CT molecular complexity index is 1150. The molecule has 37 heavy (non-hydrogen) atoms. The number of rotatable bonds is 8. The first kappa shape index (κ1) is 26.1. The molecule has 0 unspecified atom stereocenters. The average molecular weight is 505 g/mol. The Hall–Kier alpha value is -2.48. The summed E-state index contributed by atoms with van der Waals surface area (Å²) in [7, 11) is 2.22. The number of aliphatic hydroxyl groups is 1. The van der Waals surface area contributed by atoms with Gasteiger partial charge in [-0.15, -0.1) is 0 Å². The lowest BCUT2D eigenvalue weighted by atomic mass is 9.93. The van der Waals surface area contributed by atoms with Crippen LogP contribution in [-0.2, 0) is 6.54 Å². The van der Waals surface area contributed by atoms with Gasteiger partial charge in [0.05, 0.1) is 6.10 Å². The maximum absolute atomic E-state index is 10.1. The molecule has 0 spiro atoms. The fourth-order valence-corrected chi connectivity index (χ4v) is 5.98. The molecule has 3 heterocycles. The van der Waals surface area contributed by atoms with Crippen molar-refractivity contribution >= 4 is 17.0 Å². The van der Waals surface area contributed by atoms with Crippen LogP contribution in [0.5, 0.6) is 0 Å². The van der Waals surface area contributed by atoms with Crippen molar-refractivity contribution in [2.45, 2.75) is 83.5 Å². The second kappa shape index (κ2) is 11.9. The molecule has 1 saturated carbocycles. The van der Waals surface area contributed by atoms with Gasteiger partial charge in [-0.05, 0) is 76.7 Å². The summed E-state index contributed by atoms with van der Waals surface area (Å²) < 4.78 is 2.36. The van der Waals surface area contributed by atoms with Crippen LogP contribution in [0.15, 0.2) is 36.7 Å². The first-order chi connectivity index (χ1) is 18.0. The third-order valence-electron chi connectivity index (χ3n) is 8.21. The molecule has 3 aromatic rings. The molecule has 5 rings (SSSR count). The van der Waals surface area contributed by atoms with E-state index >= 15 is 0 Å². The van der Waals surface area contributed by atoms with Gasteiger partial charge in [0.25, 0.3) is 0 Å². The molecule has 0 bridgehead atoms. The zero-order chi connectivity index (χ0) is 25.8. The molecular weight excluding hydrogens is 460 g/mol. The van der Waals surface area contributed by atoms with Gasteiger partial charge in [0, 0.05) is 55.1 Å². The van der Waals surface area contributed by atoms with Crippen molar-refractivity contribution in [3.8, 4) is 11.1 Å². The Labute approximate surface area is 221 Å². The van der Waals surface area contributed by atoms with E-state index in [0.717, 1.165) is 69.2 Å². The van der Waals surface area contributed by atoms with Crippen molar-refractivity contribution in [1.29, 1.82) is 0 Å². The Balaban J connectivity index is 1.42. The molecule has 200 valence electrons. The fourth-order valence-electron chi connectivity index (χ4n) is 5.98. The van der Waals surface area contributed by atoms with Crippen LogP contribution in [0.1, 0.15) is 70.4 Å². The number of benzene rings is 1. The molecule has 7 heteroatoms. The highest BCUT2D eigenvalue weighted by molar-refractivity contribution is 5.94. The summed E-state index contributed by atoms with van der Waals surface area (Å²) in [6.07, 6.45) is 11.2. The zero-order valence-electron chi connectivity index (χ0n) is 22.9. The zero-order valence-corrected chi connectivity index (χ0v) is 22.9. The van der Waals surface area contributed by atoms with E-state index in [4.69, 9.17) is 9.97 Å². The predicted octanol–water partition coefficient (Wildman–Crippen LogP) is 5.31. The van der Waals surface area contributed by atoms with Crippen molar-refractivity contribution in [1.82, 2.24) is 24.3 Å². The standard InChI is InChI=1S/C30H44N6O/c1-4-6-22(2)32-30-31-19-27-28(21-36(29(27)33-30)25-11-13-26(37)14-12-25)24-9-7-23(8-10-24)20-35-16-5-15-34(3)17-18-35/h7-10,19,21-22,25-26,37H,4-6,11-18,20H2,1-3H3,(H,31,32,33)/t22-,25-,26-/m0/s1. The van der Waals surface area contributed by atoms with Crippen LogP contribution in [0, 0.1) is 0 Å². The molecule has 2 aliphatic rings. The van der Waals surface area contributed by atoms with Gasteiger partial charge in [-0.25, -0.2) is 4.98 Å². The molecule has 0 amide bonds. The number of hydrogen-bond donors (Lipinski definition) is 2. The van der Waals surface area contributed by atoms with Crippen molar-refractivity contribution < 1.29 is 5.11 Å². The van der Waals surface area contributed by atoms with Gasteiger partial charge in [-0.1, -0.05) is 37.6 Å². The maximum Gasteiger partial charge on any atom is 0.224 e. The van der Waals surface area contributed by atoms with Crippen LogP contribution in [-0.4, -0.2) is 74.8 Å². The number of aromatic nitrogens is 3. The van der Waals surface area contributed by atoms with E-state index in [1.54, 1.807) is 0 Å². The van der Waals surface area contributed by atoms with Crippen LogP contribution in [0.4, 0.5) is 5.95 Å². The van der Waals surface area contributed by atoms with Gasteiger partial charge in [-0.2, -0.15) is 4.98 Å². The van der Waals surface area contributed by atoms with E-state index in [1.807, 2.05) is 6.20 Å². The summed E-state index contributed by atoms with van der Waals surface area (Å²) in [4.78, 5) is 14.7. The second-order valence-corrected chi connectivity index (χ2v) is 11.3. The Morgan fingerprint density at radius 1 is 1.05 bits per heavy atom. The van der Waals surface area contributed by atoms with Crippen LogP contribution in [0.2, 0.25) is 0 Å². The van der Waals surface area contributed by atoms with Gasteiger partial charge >= 0.3 is 0 Å². The molecule has 2 N–H and O–H groups in total. The van der Waals surface area contributed by atoms with Crippen LogP contribution < -0.4 is 5.32 Å². The van der Waals surface area contributed by atoms with Gasteiger partial charge in [0.1, 0.15) is 5.65 Å². The summed E-state index contributed by atoms with van der Waals surface area (Å²) in [5.74, 6) is 0.702. The minimum atomic E-state index is -0.170. The molecule has 0 radical (unpaired) electrons. The Kier molecular flexibility index (Phi) is 8.43. The highest BCUT2D eigenvalue weighted by atomic mass is 16.3. The topological polar surface area (TPSA) is 69.5 Å². The Morgan fingerprint density at radius 2 is 1.84 bits per heavy atom. The quantitative estimate of drug-likeness (QED) is 0.433. The SMILES string of the molecule is CCC[C@H](C)Nc1ncc2c(-c3ccc(CN4CCCN(C)CC4)cc3)cn([C@H]3CC[C@H](O)CC3)c2n1. The fraction of sp³-hybridized carbons (Fsp3) is 0.600. The number of nitrogens with zero attached hydrogens (tertiary/aromatic N) is 5. The number of aliphatic hydroxyl groups excluding tert-OH is 1. The number of fused-ring (bicyclic) bond motifs is 1. The molecule has 1 atom stereocenters. The van der Waals surface area contributed by atoms with Crippen molar-refractivity contribution in [2.75, 3.05) is 38.5 Å². The van der Waals surface area contributed by atoms with E-state index in [9.17, 15) is 5.11 Å². The number of anilines is 1. The molecule has 1 saturated heterocycles. The molecular formula is C30H44N6O. The number of hydrogen-bond acceptors (Lipinski definition) is 6. The van der Waals surface area contributed by atoms with Gasteiger partial charge in [0.2, 0.25) is 5.95 Å². The monoisotopic (exact) mass is 504 g/mol. The minimum Gasteiger partial charge on any atom is -0.393 e. The lowest BCUT2D eigenvalue weighted by Gasteiger charge is -2.27. The smallest absolute Gasteiger partial charge is 0.224 e. The number of nitrogens with one attached hydrogen (secondary N) is 1. The minimum absolute atomic E-state index is 0.170. The first-order valence-corrected chi connectivity index (χ1v) is 14.3. The molecule has 2 fully saturated rings. The predicted molar refractivity (Wildman–Crippen MR) is 152 cm³/mol. The molecule has 2 aromatic heterocycles. The summed E-state index contributed by atoms with van der Waals surface area (Å²) in [6.45, 7) is 10.0. The molecule has 7 nitrogen and oxygen atoms in total. The van der Waals surface area contributed by atoms with Crippen molar-refractivity contribution in [2.24, 2.45) is 0 Å². The maximum atomic E-state index is 10.1. The highest BCUT2D eigenvalue weighted by Crippen LogP contribution is 2.37. The van der Waals surface area contributed by atoms with Crippen LogP contribution in [0.25, 0.3) is 22.2 Å². The summed E-state index contributed by atoms with van der Waals surface area (Å²) in [5, 5.41) is 14.7. The second-order valence-electron chi connectivity index (χ2n) is 11.3. The lowest BCUT2D eigenvalue weighted by Crippen LogP contribution is -2.28. The molecule has 1 aliphatic heterocycles. The third-order valence-corrected chi connectivity index (χ3v) is 8.21. The summed E-state index contributed by atoms with van der Waals surface area (Å²) >= 11 is 0. The van der Waals surface area contributed by atoms with Crippen molar-refractivity contribution in [3.63, 3.8) is 0 Å². The largest absolute Gasteiger partial charge is 0.393 e. The van der Waals surface area contributed by atoms with Crippen LogP contribution in [0.3, 0.4) is 0 Å². The normalized spacial score (nSPS) is 22.7. The third kappa shape index (κ3) is 6.33. The van der Waals surface area contributed by atoms with E-state index in [1.165, 1.54) is 36.2 Å². The van der Waals surface area contributed by atoms with E-state index < -0.39 is 0 Å². The molecule has 1 aliphatic carbocycles. The van der Waals surface area contributed by atoms with E-state index in [0.29, 0.717) is 18.0 Å². The Morgan fingerprint density at radius 3 is 2.59 bits per heavy atom. The van der Waals surface area contributed by atoms with Crippen LogP contribution >= 0.6 is 0 Å². The van der Waals surface area contributed by atoms with E-state index in [2.05, 4.69) is 71.0 Å². The first-order valence-electron chi connectivity index (χ1n) is 14.3. The summed E-state index contributed by atoms with van der Waals surface area (Å²) in [5.41, 5.74) is 4.76. The van der Waals surface area contributed by atoms with Gasteiger partial charge in [0.15, 0.2) is 0 Å². The lowest BCUT2D eigenvalue weighted by molar-refractivity contribution is 0.111. The van der Waals surface area contributed by atoms with Gasteiger partial charge < -0.3 is 19.9 Å². The number of likely N-dealkylation sites (N-methyl/N-ethyl adjacent to an activating group) is 1.